The third-order valence-electron chi connectivity index (χ3n) is 3.38. The summed E-state index contributed by atoms with van der Waals surface area (Å²) >= 11 is 5.73. The molecule has 1 aromatic carbocycles. The van der Waals surface area contributed by atoms with Crippen LogP contribution >= 0.6 is 11.6 Å². The first-order valence-corrected chi connectivity index (χ1v) is 7.41. The minimum atomic E-state index is -0.637. The number of carbonyl (C=O) groups excluding carboxylic acids is 1. The number of aromatic nitrogens is 4. The molecule has 3 aromatic rings. The van der Waals surface area contributed by atoms with Gasteiger partial charge in [0.25, 0.3) is 5.91 Å². The molecule has 0 bridgehead atoms. The Morgan fingerprint density at radius 3 is 2.92 bits per heavy atom. The van der Waals surface area contributed by atoms with Crippen LogP contribution in [0, 0.1) is 19.7 Å². The quantitative estimate of drug-likeness (QED) is 0.782. The molecule has 0 unspecified atom stereocenters. The number of hydrogen-bond acceptors (Lipinski definition) is 5. The standard InChI is InChI=1S/C15H13ClFN5O2/c1-8-9(2)24-13(19-8)6-18-15(23)11-7-22(21-20-11)12-5-3-4-10(16)14(12)17/h3-5,7H,6H2,1-2H3,(H,18,23). The van der Waals surface area contributed by atoms with E-state index in [0.29, 0.717) is 11.7 Å². The second kappa shape index (κ2) is 6.40. The van der Waals surface area contributed by atoms with Crippen LogP contribution in [0.5, 0.6) is 0 Å². The van der Waals surface area contributed by atoms with Gasteiger partial charge in [0.05, 0.1) is 23.5 Å². The number of hydrogen-bond donors (Lipinski definition) is 1. The number of nitrogens with zero attached hydrogens (tertiary/aromatic N) is 4. The Morgan fingerprint density at radius 2 is 2.21 bits per heavy atom. The van der Waals surface area contributed by atoms with Crippen LogP contribution in [0.15, 0.2) is 28.8 Å². The topological polar surface area (TPSA) is 85.8 Å². The van der Waals surface area contributed by atoms with Crippen LogP contribution in [-0.2, 0) is 6.54 Å². The molecule has 24 heavy (non-hydrogen) atoms. The van der Waals surface area contributed by atoms with Crippen molar-refractivity contribution < 1.29 is 13.6 Å². The van der Waals surface area contributed by atoms with E-state index >= 15 is 0 Å². The number of nitrogens with one attached hydrogen (secondary N) is 1. The fraction of sp³-hybridized carbons (Fsp3) is 0.200. The van der Waals surface area contributed by atoms with Crippen molar-refractivity contribution in [3.05, 3.63) is 58.3 Å². The Balaban J connectivity index is 1.73. The lowest BCUT2D eigenvalue weighted by atomic mass is 10.3. The van der Waals surface area contributed by atoms with Gasteiger partial charge in [-0.2, -0.15) is 0 Å². The summed E-state index contributed by atoms with van der Waals surface area (Å²) in [7, 11) is 0. The highest BCUT2D eigenvalue weighted by molar-refractivity contribution is 6.30. The summed E-state index contributed by atoms with van der Waals surface area (Å²) in [5, 5.41) is 10.1. The average molecular weight is 350 g/mol. The zero-order chi connectivity index (χ0) is 17.3. The molecular weight excluding hydrogens is 337 g/mol. The molecule has 3 rings (SSSR count). The van der Waals surface area contributed by atoms with Crippen LogP contribution in [0.4, 0.5) is 4.39 Å². The van der Waals surface area contributed by atoms with Gasteiger partial charge in [0, 0.05) is 0 Å². The largest absolute Gasteiger partial charge is 0.444 e. The van der Waals surface area contributed by atoms with Gasteiger partial charge in [-0.25, -0.2) is 14.1 Å². The molecule has 124 valence electrons. The third-order valence-corrected chi connectivity index (χ3v) is 3.67. The highest BCUT2D eigenvalue weighted by Gasteiger charge is 2.15. The van der Waals surface area contributed by atoms with E-state index < -0.39 is 11.7 Å². The van der Waals surface area contributed by atoms with E-state index in [4.69, 9.17) is 16.0 Å². The molecule has 0 atom stereocenters. The van der Waals surface area contributed by atoms with Crippen LogP contribution in [0.25, 0.3) is 5.69 Å². The number of aryl methyl sites for hydroxylation is 2. The summed E-state index contributed by atoms with van der Waals surface area (Å²) in [6.45, 7) is 3.72. The molecule has 0 saturated carbocycles. The Kier molecular flexibility index (Phi) is 4.30. The second-order valence-electron chi connectivity index (χ2n) is 5.05. The summed E-state index contributed by atoms with van der Waals surface area (Å²) in [5.74, 6) is -0.0211. The summed E-state index contributed by atoms with van der Waals surface area (Å²) in [4.78, 5) is 16.3. The van der Waals surface area contributed by atoms with Crippen molar-refractivity contribution in [3.63, 3.8) is 0 Å². The fourth-order valence-corrected chi connectivity index (χ4v) is 2.19. The molecule has 1 N–H and O–H groups in total. The van der Waals surface area contributed by atoms with Gasteiger partial charge in [0.2, 0.25) is 5.89 Å². The summed E-state index contributed by atoms with van der Waals surface area (Å²) in [5.41, 5.74) is 0.906. The lowest BCUT2D eigenvalue weighted by Gasteiger charge is -2.02. The minimum absolute atomic E-state index is 0.0365. The number of amides is 1. The number of rotatable bonds is 4. The fourth-order valence-electron chi connectivity index (χ4n) is 2.02. The number of oxazole rings is 1. The van der Waals surface area contributed by atoms with Gasteiger partial charge in [0.1, 0.15) is 11.4 Å². The van der Waals surface area contributed by atoms with Crippen molar-refractivity contribution in [3.8, 4) is 5.69 Å². The molecule has 0 spiro atoms. The smallest absolute Gasteiger partial charge is 0.273 e. The maximum absolute atomic E-state index is 14.0. The number of benzene rings is 1. The van der Waals surface area contributed by atoms with E-state index in [1.165, 1.54) is 18.3 Å². The molecule has 0 aliphatic carbocycles. The maximum Gasteiger partial charge on any atom is 0.273 e. The molecule has 7 nitrogen and oxygen atoms in total. The SMILES string of the molecule is Cc1nc(CNC(=O)c2cn(-c3cccc(Cl)c3F)nn2)oc1C. The number of carbonyl (C=O) groups is 1. The zero-order valence-corrected chi connectivity index (χ0v) is 13.6. The molecule has 0 radical (unpaired) electrons. The van der Waals surface area contributed by atoms with Crippen molar-refractivity contribution in [1.29, 1.82) is 0 Å². The first-order valence-electron chi connectivity index (χ1n) is 7.03. The molecule has 0 aliphatic heterocycles. The van der Waals surface area contributed by atoms with Crippen LogP contribution in [-0.4, -0.2) is 25.9 Å². The van der Waals surface area contributed by atoms with Crippen LogP contribution in [0.1, 0.15) is 27.8 Å². The van der Waals surface area contributed by atoms with Gasteiger partial charge in [-0.3, -0.25) is 4.79 Å². The van der Waals surface area contributed by atoms with E-state index in [1.807, 2.05) is 6.92 Å². The predicted octanol–water partition coefficient (Wildman–Crippen LogP) is 2.59. The van der Waals surface area contributed by atoms with Gasteiger partial charge in [-0.15, -0.1) is 5.10 Å². The van der Waals surface area contributed by atoms with E-state index in [-0.39, 0.29) is 22.9 Å². The van der Waals surface area contributed by atoms with E-state index in [2.05, 4.69) is 20.6 Å². The van der Waals surface area contributed by atoms with Gasteiger partial charge in [0.15, 0.2) is 11.5 Å². The zero-order valence-electron chi connectivity index (χ0n) is 12.9. The monoisotopic (exact) mass is 349 g/mol. The lowest BCUT2D eigenvalue weighted by molar-refractivity contribution is 0.0942. The van der Waals surface area contributed by atoms with Crippen molar-refractivity contribution >= 4 is 17.5 Å². The van der Waals surface area contributed by atoms with Gasteiger partial charge in [-0.1, -0.05) is 22.9 Å². The van der Waals surface area contributed by atoms with E-state index in [1.54, 1.807) is 13.0 Å². The molecule has 2 heterocycles. The molecule has 1 amide bonds. The summed E-state index contributed by atoms with van der Waals surface area (Å²) < 4.78 is 20.5. The lowest BCUT2D eigenvalue weighted by Crippen LogP contribution is -2.23. The van der Waals surface area contributed by atoms with Gasteiger partial charge >= 0.3 is 0 Å². The van der Waals surface area contributed by atoms with Crippen LogP contribution < -0.4 is 5.32 Å². The van der Waals surface area contributed by atoms with E-state index in [0.717, 1.165) is 10.4 Å². The van der Waals surface area contributed by atoms with Crippen molar-refractivity contribution in [2.75, 3.05) is 0 Å². The summed E-state index contributed by atoms with van der Waals surface area (Å²) in [6, 6.07) is 4.48. The second-order valence-corrected chi connectivity index (χ2v) is 5.46. The Labute approximate surface area is 141 Å². The number of halogens is 2. The van der Waals surface area contributed by atoms with Crippen LogP contribution in [0.2, 0.25) is 5.02 Å². The molecular formula is C15H13ClFN5O2. The van der Waals surface area contributed by atoms with Crippen molar-refractivity contribution in [2.45, 2.75) is 20.4 Å². The first kappa shape index (κ1) is 16.1. The highest BCUT2D eigenvalue weighted by atomic mass is 35.5. The maximum atomic E-state index is 14.0. The Morgan fingerprint density at radius 1 is 1.42 bits per heavy atom. The van der Waals surface area contributed by atoms with E-state index in [9.17, 15) is 9.18 Å². The van der Waals surface area contributed by atoms with Crippen LogP contribution in [0.3, 0.4) is 0 Å². The summed E-state index contributed by atoms with van der Waals surface area (Å²) in [6.07, 6.45) is 1.32. The molecule has 2 aromatic heterocycles. The molecule has 0 aliphatic rings. The van der Waals surface area contributed by atoms with Gasteiger partial charge in [-0.05, 0) is 26.0 Å². The molecule has 0 saturated heterocycles. The minimum Gasteiger partial charge on any atom is -0.444 e. The molecule has 9 heteroatoms. The average Bonchev–Trinajstić information content (AvgIpc) is 3.15. The van der Waals surface area contributed by atoms with Crippen molar-refractivity contribution in [2.24, 2.45) is 0 Å². The first-order chi connectivity index (χ1) is 11.5. The highest BCUT2D eigenvalue weighted by Crippen LogP contribution is 2.20. The third kappa shape index (κ3) is 3.13. The predicted molar refractivity (Wildman–Crippen MR) is 83.5 cm³/mol. The van der Waals surface area contributed by atoms with Gasteiger partial charge < -0.3 is 9.73 Å². The Bertz CT molecular complexity index is 886. The normalized spacial score (nSPS) is 10.8. The van der Waals surface area contributed by atoms with Crippen molar-refractivity contribution in [1.82, 2.24) is 25.3 Å². The molecule has 0 fully saturated rings. The Hall–Kier alpha value is -2.74.